The van der Waals surface area contributed by atoms with Crippen LogP contribution in [0.2, 0.25) is 0 Å². The van der Waals surface area contributed by atoms with Crippen LogP contribution in [-0.4, -0.2) is 26.0 Å². The molecule has 2 aliphatic rings. The molecule has 30 heavy (non-hydrogen) atoms. The van der Waals surface area contributed by atoms with Crippen LogP contribution in [0.3, 0.4) is 0 Å². The molecule has 1 saturated carbocycles. The maximum atomic E-state index is 11.9. The number of nitrogens with zero attached hydrogens (tertiary/aromatic N) is 3. The zero-order valence-electron chi connectivity index (χ0n) is 16.7. The fraction of sp³-hybridized carbons (Fsp3) is 0.250. The van der Waals surface area contributed by atoms with E-state index in [0.29, 0.717) is 17.7 Å². The van der Waals surface area contributed by atoms with Crippen molar-refractivity contribution < 1.29 is 9.90 Å². The molecular formula is C24H22N4O2. The molecule has 2 aromatic heterocycles. The summed E-state index contributed by atoms with van der Waals surface area (Å²) in [5.41, 5.74) is 6.35. The summed E-state index contributed by atoms with van der Waals surface area (Å²) in [6.45, 7) is 2.20. The van der Waals surface area contributed by atoms with Crippen molar-refractivity contribution in [3.63, 3.8) is 0 Å². The van der Waals surface area contributed by atoms with Gasteiger partial charge in [0.1, 0.15) is 17.7 Å². The number of hydrogen-bond acceptors (Lipinski definition) is 5. The van der Waals surface area contributed by atoms with Gasteiger partial charge in [0.2, 0.25) is 0 Å². The van der Waals surface area contributed by atoms with Gasteiger partial charge in [-0.1, -0.05) is 19.1 Å². The second kappa shape index (κ2) is 7.37. The first-order valence-corrected chi connectivity index (χ1v) is 10.2. The maximum absolute atomic E-state index is 11.9. The van der Waals surface area contributed by atoms with Crippen molar-refractivity contribution in [2.75, 3.05) is 5.32 Å². The largest absolute Gasteiger partial charge is 0.478 e. The number of anilines is 2. The molecule has 1 atom stereocenters. The van der Waals surface area contributed by atoms with Crippen molar-refractivity contribution in [2.24, 2.45) is 5.92 Å². The molecule has 1 aromatic carbocycles. The summed E-state index contributed by atoms with van der Waals surface area (Å²) in [4.78, 5) is 24.6. The Morgan fingerprint density at radius 2 is 1.93 bits per heavy atom. The number of hydrogen-bond donors (Lipinski definition) is 2. The molecule has 2 aliphatic carbocycles. The molecule has 0 bridgehead atoms. The van der Waals surface area contributed by atoms with Crippen LogP contribution in [0.1, 0.15) is 52.7 Å². The zero-order valence-corrected chi connectivity index (χ0v) is 16.7. The number of pyridine rings is 1. The van der Waals surface area contributed by atoms with Gasteiger partial charge in [0.15, 0.2) is 0 Å². The summed E-state index contributed by atoms with van der Waals surface area (Å²) in [7, 11) is 0. The third-order valence-corrected chi connectivity index (χ3v) is 5.74. The van der Waals surface area contributed by atoms with Crippen molar-refractivity contribution in [1.82, 2.24) is 15.0 Å². The van der Waals surface area contributed by atoms with E-state index in [2.05, 4.69) is 39.3 Å². The minimum absolute atomic E-state index is 0.200. The second-order valence-electron chi connectivity index (χ2n) is 8.13. The van der Waals surface area contributed by atoms with E-state index in [-0.39, 0.29) is 5.56 Å². The zero-order chi connectivity index (χ0) is 20.7. The van der Waals surface area contributed by atoms with E-state index >= 15 is 0 Å². The highest BCUT2D eigenvalue weighted by atomic mass is 16.4. The Balaban J connectivity index is 1.58. The Morgan fingerprint density at radius 3 is 2.67 bits per heavy atom. The van der Waals surface area contributed by atoms with Crippen LogP contribution >= 0.6 is 0 Å². The average Bonchev–Trinajstić information content (AvgIpc) is 3.60. The number of nitrogens with one attached hydrogen (secondary N) is 1. The Morgan fingerprint density at radius 1 is 1.13 bits per heavy atom. The lowest BCUT2D eigenvalue weighted by Gasteiger charge is -2.21. The summed E-state index contributed by atoms with van der Waals surface area (Å²) in [5.74, 6) is 0.284. The van der Waals surface area contributed by atoms with Crippen molar-refractivity contribution in [2.45, 2.75) is 32.1 Å². The number of carbonyl (C=O) groups is 1. The Labute approximate surface area is 174 Å². The highest BCUT2D eigenvalue weighted by Crippen LogP contribution is 2.41. The summed E-state index contributed by atoms with van der Waals surface area (Å²) >= 11 is 0. The highest BCUT2D eigenvalue weighted by Gasteiger charge is 2.26. The number of aromatic carboxylic acids is 1. The predicted octanol–water partition coefficient (Wildman–Crippen LogP) is 5.06. The van der Waals surface area contributed by atoms with Gasteiger partial charge < -0.3 is 10.4 Å². The SMILES string of the molecule is CC1C=Cc2cc(Nc3ncc(C4CC4)cc3C(=O)O)cc(-c3cncnc3)c2C1. The minimum Gasteiger partial charge on any atom is -0.478 e. The van der Waals surface area contributed by atoms with E-state index in [4.69, 9.17) is 0 Å². The quantitative estimate of drug-likeness (QED) is 0.624. The lowest BCUT2D eigenvalue weighted by Crippen LogP contribution is -2.09. The van der Waals surface area contributed by atoms with E-state index in [0.717, 1.165) is 47.2 Å². The second-order valence-corrected chi connectivity index (χ2v) is 8.13. The molecule has 2 N–H and O–H groups in total. The van der Waals surface area contributed by atoms with E-state index < -0.39 is 5.97 Å². The number of carboxylic acids is 1. The topological polar surface area (TPSA) is 88.0 Å². The lowest BCUT2D eigenvalue weighted by atomic mass is 9.85. The lowest BCUT2D eigenvalue weighted by molar-refractivity contribution is 0.0697. The molecule has 5 rings (SSSR count). The van der Waals surface area contributed by atoms with Gasteiger partial charge in [0.25, 0.3) is 0 Å². The van der Waals surface area contributed by atoms with E-state index in [1.54, 1.807) is 24.7 Å². The monoisotopic (exact) mass is 398 g/mol. The summed E-state index contributed by atoms with van der Waals surface area (Å²) in [5, 5.41) is 13.0. The Bertz CT molecular complexity index is 1150. The van der Waals surface area contributed by atoms with Crippen LogP contribution in [0, 0.1) is 5.92 Å². The number of carboxylic acid groups (broad SMARTS) is 1. The molecule has 3 aromatic rings. The van der Waals surface area contributed by atoms with Crippen molar-refractivity contribution >= 4 is 23.6 Å². The van der Waals surface area contributed by atoms with Crippen LogP contribution in [0.25, 0.3) is 17.2 Å². The number of fused-ring (bicyclic) bond motifs is 1. The Hall–Kier alpha value is -3.54. The van der Waals surface area contributed by atoms with Gasteiger partial charge in [-0.05, 0) is 71.6 Å². The molecule has 0 radical (unpaired) electrons. The van der Waals surface area contributed by atoms with Crippen LogP contribution < -0.4 is 5.32 Å². The van der Waals surface area contributed by atoms with E-state index in [1.807, 2.05) is 12.1 Å². The number of rotatable bonds is 5. The molecule has 6 nitrogen and oxygen atoms in total. The third kappa shape index (κ3) is 3.56. The minimum atomic E-state index is -0.976. The number of allylic oxidation sites excluding steroid dienone is 1. The van der Waals surface area contributed by atoms with Crippen molar-refractivity contribution in [1.29, 1.82) is 0 Å². The average molecular weight is 398 g/mol. The molecule has 1 unspecified atom stereocenters. The van der Waals surface area contributed by atoms with Gasteiger partial charge in [-0.15, -0.1) is 0 Å². The fourth-order valence-electron chi connectivity index (χ4n) is 4.02. The van der Waals surface area contributed by atoms with Crippen LogP contribution in [0.15, 0.2) is 49.2 Å². The smallest absolute Gasteiger partial charge is 0.339 e. The molecule has 2 heterocycles. The standard InChI is InChI=1S/C24H22N4O2/c1-14-2-3-16-7-19(9-21(20(16)6-14)18-10-25-13-26-11-18)28-23-22(24(29)30)8-17(12-27-23)15-4-5-15/h2-3,7-15H,4-6H2,1H3,(H,27,28)(H,29,30). The van der Waals surface area contributed by atoms with Gasteiger partial charge in [-0.25, -0.2) is 19.7 Å². The van der Waals surface area contributed by atoms with Gasteiger partial charge in [0, 0.05) is 29.8 Å². The summed E-state index contributed by atoms with van der Waals surface area (Å²) in [6.07, 6.45) is 14.4. The van der Waals surface area contributed by atoms with Gasteiger partial charge >= 0.3 is 5.97 Å². The molecule has 1 fully saturated rings. The molecule has 0 spiro atoms. The molecule has 0 aliphatic heterocycles. The van der Waals surface area contributed by atoms with Gasteiger partial charge in [-0.2, -0.15) is 0 Å². The normalized spacial score (nSPS) is 17.4. The summed E-state index contributed by atoms with van der Waals surface area (Å²) in [6, 6.07) is 5.83. The highest BCUT2D eigenvalue weighted by molar-refractivity contribution is 5.94. The van der Waals surface area contributed by atoms with Crippen LogP contribution in [-0.2, 0) is 6.42 Å². The van der Waals surface area contributed by atoms with E-state index in [9.17, 15) is 9.90 Å². The van der Waals surface area contributed by atoms with Gasteiger partial charge in [0.05, 0.1) is 0 Å². The molecule has 150 valence electrons. The summed E-state index contributed by atoms with van der Waals surface area (Å²) < 4.78 is 0. The predicted molar refractivity (Wildman–Crippen MR) is 116 cm³/mol. The van der Waals surface area contributed by atoms with Crippen molar-refractivity contribution in [3.05, 3.63) is 71.4 Å². The Kier molecular flexibility index (Phi) is 4.54. The molecule has 0 amide bonds. The number of benzene rings is 1. The molecule has 0 saturated heterocycles. The maximum Gasteiger partial charge on any atom is 0.339 e. The first kappa shape index (κ1) is 18.5. The van der Waals surface area contributed by atoms with Crippen LogP contribution in [0.4, 0.5) is 11.5 Å². The first-order valence-electron chi connectivity index (χ1n) is 10.2. The van der Waals surface area contributed by atoms with Gasteiger partial charge in [-0.3, -0.25) is 0 Å². The van der Waals surface area contributed by atoms with Crippen LogP contribution in [0.5, 0.6) is 0 Å². The molecule has 6 heteroatoms. The molecular weight excluding hydrogens is 376 g/mol. The van der Waals surface area contributed by atoms with Crippen molar-refractivity contribution in [3.8, 4) is 11.1 Å². The number of aromatic nitrogens is 3. The third-order valence-electron chi connectivity index (χ3n) is 5.74. The fourth-order valence-corrected chi connectivity index (χ4v) is 4.02. The first-order chi connectivity index (χ1) is 14.6. The van der Waals surface area contributed by atoms with E-state index in [1.165, 1.54) is 11.9 Å².